The second kappa shape index (κ2) is 5.45. The summed E-state index contributed by atoms with van der Waals surface area (Å²) < 4.78 is 48.0. The number of rotatable bonds is 5. The lowest BCUT2D eigenvalue weighted by molar-refractivity contribution is 0.0716. The zero-order chi connectivity index (χ0) is 13.1. The zero-order valence-electron chi connectivity index (χ0n) is 10.0. The van der Waals surface area contributed by atoms with Gasteiger partial charge in [-0.1, -0.05) is 11.6 Å². The molecule has 96 valence electrons. The normalized spacial score (nSPS) is 13.5. The molecule has 0 fully saturated rings. The Morgan fingerprint density at radius 3 is 2.41 bits per heavy atom. The van der Waals surface area contributed by atoms with Gasteiger partial charge >= 0.3 is 6.98 Å². The van der Waals surface area contributed by atoms with Crippen LogP contribution in [-0.2, 0) is 4.74 Å². The minimum atomic E-state index is -4.95. The molecule has 0 aromatic heterocycles. The van der Waals surface area contributed by atoms with Crippen LogP contribution in [-0.4, -0.2) is 26.8 Å². The number of halogens is 3. The maximum Gasteiger partial charge on any atom is 0.509 e. The van der Waals surface area contributed by atoms with Crippen LogP contribution in [0.15, 0.2) is 18.2 Å². The molecule has 17 heavy (non-hydrogen) atoms. The van der Waals surface area contributed by atoms with E-state index in [-0.39, 0.29) is 11.7 Å². The molecule has 0 aliphatic heterocycles. The fraction of sp³-hybridized carbons (Fsp3) is 0.455. The van der Waals surface area contributed by atoms with Gasteiger partial charge in [0.05, 0.1) is 6.10 Å². The van der Waals surface area contributed by atoms with Gasteiger partial charge in [0.1, 0.15) is 12.4 Å². The van der Waals surface area contributed by atoms with Crippen LogP contribution >= 0.6 is 0 Å². The van der Waals surface area contributed by atoms with E-state index in [2.05, 4.69) is 0 Å². The van der Waals surface area contributed by atoms with Crippen LogP contribution < -0.4 is 10.2 Å². The van der Waals surface area contributed by atoms with E-state index in [0.29, 0.717) is 12.4 Å². The molecule has 2 nitrogen and oxygen atoms in total. The minimum Gasteiger partial charge on any atom is -0.491 e. The van der Waals surface area contributed by atoms with E-state index in [4.69, 9.17) is 9.47 Å². The van der Waals surface area contributed by atoms with Gasteiger partial charge in [0.2, 0.25) is 0 Å². The van der Waals surface area contributed by atoms with Crippen molar-refractivity contribution in [1.29, 1.82) is 0 Å². The molecule has 1 aromatic rings. The third-order valence-electron chi connectivity index (χ3n) is 2.48. The first-order valence-electron chi connectivity index (χ1n) is 5.30. The molecule has 0 spiro atoms. The summed E-state index contributed by atoms with van der Waals surface area (Å²) in [5.41, 5.74) is -0.391. The molecular weight excluding hydrogens is 232 g/mol. The summed E-state index contributed by atoms with van der Waals surface area (Å²) in [6.45, 7) is -1.39. The minimum absolute atomic E-state index is 0.0955. The van der Waals surface area contributed by atoms with E-state index in [9.17, 15) is 12.9 Å². The average molecular weight is 247 g/mol. The van der Waals surface area contributed by atoms with Gasteiger partial charge < -0.3 is 22.4 Å². The Bertz CT molecular complexity index is 379. The number of aryl methyl sites for hydroxylation is 1. The van der Waals surface area contributed by atoms with Crippen molar-refractivity contribution in [3.8, 4) is 5.75 Å². The van der Waals surface area contributed by atoms with Crippen LogP contribution in [0.4, 0.5) is 12.9 Å². The summed E-state index contributed by atoms with van der Waals surface area (Å²) >= 11 is 0. The monoisotopic (exact) mass is 247 g/mol. The molecule has 1 rings (SSSR count). The van der Waals surface area contributed by atoms with Gasteiger partial charge in [-0.25, -0.2) is 0 Å². The van der Waals surface area contributed by atoms with E-state index >= 15 is 0 Å². The van der Waals surface area contributed by atoms with E-state index in [1.54, 1.807) is 7.11 Å². The average Bonchev–Trinajstić information content (AvgIpc) is 2.24. The summed E-state index contributed by atoms with van der Waals surface area (Å²) in [5, 5.41) is 0. The Morgan fingerprint density at radius 1 is 1.29 bits per heavy atom. The molecule has 6 heteroatoms. The van der Waals surface area contributed by atoms with E-state index in [1.807, 2.05) is 6.92 Å². The van der Waals surface area contributed by atoms with Gasteiger partial charge in [0, 0.05) is 7.11 Å². The van der Waals surface area contributed by atoms with Gasteiger partial charge in [-0.3, -0.25) is 0 Å². The topological polar surface area (TPSA) is 18.5 Å². The maximum absolute atomic E-state index is 12.6. The molecule has 1 aromatic carbocycles. The summed E-state index contributed by atoms with van der Waals surface area (Å²) in [5.74, 6) is 0.426. The molecule has 0 radical (unpaired) electrons. The number of hydrogen-bond acceptors (Lipinski definition) is 2. The van der Waals surface area contributed by atoms with Crippen LogP contribution in [0.2, 0.25) is 0 Å². The highest BCUT2D eigenvalue weighted by Gasteiger charge is 2.27. The van der Waals surface area contributed by atoms with Crippen LogP contribution in [0.25, 0.3) is 0 Å². The van der Waals surface area contributed by atoms with Crippen LogP contribution in [0.1, 0.15) is 12.5 Å². The molecule has 0 heterocycles. The molecule has 0 N–H and O–H groups in total. The largest absolute Gasteiger partial charge is 0.509 e. The first-order valence-corrected chi connectivity index (χ1v) is 5.30. The molecule has 0 aliphatic carbocycles. The number of hydrogen-bond donors (Lipinski definition) is 0. The van der Waals surface area contributed by atoms with E-state index < -0.39 is 12.4 Å². The predicted molar refractivity (Wildman–Crippen MR) is 61.9 cm³/mol. The molecule has 0 saturated heterocycles. The Hall–Kier alpha value is -1.17. The Labute approximate surface area is 98.8 Å². The molecule has 1 unspecified atom stereocenters. The first kappa shape index (κ1) is 13.9. The summed E-state index contributed by atoms with van der Waals surface area (Å²) in [4.78, 5) is 0. The third-order valence-corrected chi connectivity index (χ3v) is 2.48. The summed E-state index contributed by atoms with van der Waals surface area (Å²) in [7, 11) is 1.55. The maximum atomic E-state index is 12.6. The van der Waals surface area contributed by atoms with Gasteiger partial charge in [0.25, 0.3) is 0 Å². The van der Waals surface area contributed by atoms with Crippen molar-refractivity contribution in [3.05, 3.63) is 23.8 Å². The van der Waals surface area contributed by atoms with Gasteiger partial charge in [-0.15, -0.1) is 5.46 Å². The van der Waals surface area contributed by atoms with Crippen LogP contribution in [0.5, 0.6) is 5.75 Å². The van der Waals surface area contributed by atoms with Crippen molar-refractivity contribution >= 4 is 12.4 Å². The van der Waals surface area contributed by atoms with Gasteiger partial charge in [0.15, 0.2) is 0 Å². The van der Waals surface area contributed by atoms with Crippen molar-refractivity contribution in [2.75, 3.05) is 13.7 Å². The Balaban J connectivity index is 2.76. The fourth-order valence-corrected chi connectivity index (χ4v) is 1.39. The van der Waals surface area contributed by atoms with Crippen molar-refractivity contribution < 1.29 is 22.4 Å². The van der Waals surface area contributed by atoms with Crippen molar-refractivity contribution in [3.63, 3.8) is 0 Å². The summed E-state index contributed by atoms with van der Waals surface area (Å²) in [6, 6.07) is 3.79. The second-order valence-electron chi connectivity index (χ2n) is 3.95. The van der Waals surface area contributed by atoms with Crippen LogP contribution in [0.3, 0.4) is 0 Å². The Kier molecular flexibility index (Phi) is 4.45. The molecule has 0 saturated carbocycles. The smallest absolute Gasteiger partial charge is 0.491 e. The molecule has 0 aliphatic rings. The Morgan fingerprint density at radius 2 is 1.94 bits per heavy atom. The number of methoxy groups -OCH3 is 1. The lowest BCUT2D eigenvalue weighted by Gasteiger charge is -2.19. The summed E-state index contributed by atoms with van der Waals surface area (Å²) in [6.07, 6.45) is -0.0955. The van der Waals surface area contributed by atoms with Gasteiger partial charge in [-0.05, 0) is 26.0 Å². The standard InChI is InChI=1S/C11H15BF3O2/c1-8-6-10(17-7-9(2)16-3)4-5-11(8)12(13,14)15/h4-6,9H,7H2,1-3H3/q-1. The lowest BCUT2D eigenvalue weighted by Crippen LogP contribution is -2.36. The van der Waals surface area contributed by atoms with Crippen molar-refractivity contribution in [1.82, 2.24) is 0 Å². The van der Waals surface area contributed by atoms with Crippen LogP contribution in [0, 0.1) is 6.92 Å². The number of ether oxygens (including phenoxy) is 2. The highest BCUT2D eigenvalue weighted by atomic mass is 19.4. The van der Waals surface area contributed by atoms with Crippen molar-refractivity contribution in [2.45, 2.75) is 20.0 Å². The van der Waals surface area contributed by atoms with Crippen molar-refractivity contribution in [2.24, 2.45) is 0 Å². The predicted octanol–water partition coefficient (Wildman–Crippen LogP) is 2.46. The highest BCUT2D eigenvalue weighted by molar-refractivity contribution is 6.74. The second-order valence-corrected chi connectivity index (χ2v) is 3.95. The highest BCUT2D eigenvalue weighted by Crippen LogP contribution is 2.17. The van der Waals surface area contributed by atoms with E-state index in [1.165, 1.54) is 19.1 Å². The quantitative estimate of drug-likeness (QED) is 0.744. The first-order chi connectivity index (χ1) is 7.84. The zero-order valence-corrected chi connectivity index (χ0v) is 10.0. The molecular formula is C11H15BF3O2-. The number of benzene rings is 1. The molecule has 1 atom stereocenters. The molecule has 0 bridgehead atoms. The molecule has 0 amide bonds. The van der Waals surface area contributed by atoms with E-state index in [0.717, 1.165) is 6.07 Å². The third kappa shape index (κ3) is 3.96. The fourth-order valence-electron chi connectivity index (χ4n) is 1.39. The van der Waals surface area contributed by atoms with Gasteiger partial charge in [-0.2, -0.15) is 0 Å². The SMILES string of the molecule is COC(C)COc1ccc([B-](F)(F)F)c(C)c1. The lowest BCUT2D eigenvalue weighted by atomic mass is 9.77.